The van der Waals surface area contributed by atoms with Crippen LogP contribution in [-0.2, 0) is 4.74 Å². The van der Waals surface area contributed by atoms with Crippen molar-refractivity contribution in [2.75, 3.05) is 20.7 Å². The summed E-state index contributed by atoms with van der Waals surface area (Å²) in [4.78, 5) is 14.4. The first-order valence-corrected chi connectivity index (χ1v) is 7.17. The lowest BCUT2D eigenvalue weighted by Gasteiger charge is -2.17. The summed E-state index contributed by atoms with van der Waals surface area (Å²) in [6.45, 7) is -0.374. The minimum absolute atomic E-state index is 0.374. The second-order valence-corrected chi connectivity index (χ2v) is 5.59. The van der Waals surface area contributed by atoms with Crippen LogP contribution in [0.3, 0.4) is 0 Å². The van der Waals surface area contributed by atoms with Crippen molar-refractivity contribution >= 4 is 23.2 Å². The topological polar surface area (TPSA) is 116 Å². The van der Waals surface area contributed by atoms with Crippen LogP contribution in [-0.4, -0.2) is 80.1 Å². The molecule has 0 aliphatic carbocycles. The first-order chi connectivity index (χ1) is 11.0. The molecule has 23 heavy (non-hydrogen) atoms. The zero-order chi connectivity index (χ0) is 16.6. The molecule has 4 atom stereocenters. The third-order valence-electron chi connectivity index (χ3n) is 3.69. The van der Waals surface area contributed by atoms with E-state index >= 15 is 0 Å². The molecule has 2 aromatic heterocycles. The number of ether oxygens (including phenoxy) is 1. The van der Waals surface area contributed by atoms with Crippen molar-refractivity contribution in [3.8, 4) is 0 Å². The number of aromatic nitrogens is 3. The Morgan fingerprint density at radius 2 is 2.13 bits per heavy atom. The number of fused-ring (bicyclic) bond motifs is 1. The second-order valence-electron chi connectivity index (χ2n) is 5.59. The molecule has 3 N–H and O–H groups in total. The maximum atomic E-state index is 10.1. The number of hydrogen-bond acceptors (Lipinski definition) is 7. The first-order valence-electron chi connectivity index (χ1n) is 7.17. The van der Waals surface area contributed by atoms with Crippen LogP contribution in [0.5, 0.6) is 0 Å². The van der Waals surface area contributed by atoms with E-state index in [-0.39, 0.29) is 6.61 Å². The predicted octanol–water partition coefficient (Wildman–Crippen LogP) is -0.736. The average Bonchev–Trinajstić information content (AvgIpc) is 3.08. The Hall–Kier alpha value is -2.07. The highest BCUT2D eigenvalue weighted by molar-refractivity contribution is 5.87. The highest BCUT2D eigenvalue weighted by atomic mass is 16.6. The van der Waals surface area contributed by atoms with Crippen LogP contribution in [0.15, 0.2) is 23.6 Å². The largest absolute Gasteiger partial charge is 0.394 e. The van der Waals surface area contributed by atoms with Crippen LogP contribution in [0.1, 0.15) is 6.23 Å². The van der Waals surface area contributed by atoms with E-state index < -0.39 is 24.5 Å². The lowest BCUT2D eigenvalue weighted by atomic mass is 10.1. The molecule has 1 saturated heterocycles. The zero-order valence-corrected chi connectivity index (χ0v) is 12.8. The minimum Gasteiger partial charge on any atom is -0.394 e. The fourth-order valence-electron chi connectivity index (χ4n) is 2.55. The lowest BCUT2D eigenvalue weighted by Crippen LogP contribution is -2.33. The van der Waals surface area contributed by atoms with Gasteiger partial charge in [-0.15, -0.1) is 0 Å². The van der Waals surface area contributed by atoms with Gasteiger partial charge in [-0.2, -0.15) is 0 Å². The molecule has 124 valence electrons. The number of nitrogens with zero attached hydrogens (tertiary/aromatic N) is 5. The van der Waals surface area contributed by atoms with Gasteiger partial charge >= 0.3 is 0 Å². The van der Waals surface area contributed by atoms with Gasteiger partial charge in [-0.25, -0.2) is 15.0 Å². The van der Waals surface area contributed by atoms with Gasteiger partial charge in [0, 0.05) is 20.3 Å². The van der Waals surface area contributed by atoms with E-state index in [1.807, 2.05) is 14.1 Å². The van der Waals surface area contributed by atoms with Crippen LogP contribution < -0.4 is 0 Å². The second kappa shape index (κ2) is 6.20. The van der Waals surface area contributed by atoms with Gasteiger partial charge in [-0.3, -0.25) is 0 Å². The van der Waals surface area contributed by atoms with Crippen molar-refractivity contribution < 1.29 is 20.1 Å². The standard InChI is InChI=1S/C14H19N5O4/c1-18(2)7-17-12-8-3-4-19(13(8)16-6-15-12)14-11(22)10(21)9(5-20)23-14/h3-4,6-7,9-11,14,20-22H,5H2,1-2H3/t9-,10+,11+,14-/m0/s1. The Morgan fingerprint density at radius 3 is 2.78 bits per heavy atom. The fourth-order valence-corrected chi connectivity index (χ4v) is 2.55. The molecule has 0 saturated carbocycles. The van der Waals surface area contributed by atoms with Crippen molar-refractivity contribution in [1.82, 2.24) is 19.4 Å². The maximum Gasteiger partial charge on any atom is 0.166 e. The summed E-state index contributed by atoms with van der Waals surface area (Å²) in [6.07, 6.45) is 0.713. The summed E-state index contributed by atoms with van der Waals surface area (Å²) >= 11 is 0. The van der Waals surface area contributed by atoms with Crippen molar-refractivity contribution in [2.45, 2.75) is 24.5 Å². The van der Waals surface area contributed by atoms with Crippen LogP contribution in [0.4, 0.5) is 5.82 Å². The van der Waals surface area contributed by atoms with E-state index in [0.29, 0.717) is 16.9 Å². The molecule has 9 heteroatoms. The molecule has 1 aliphatic rings. The highest BCUT2D eigenvalue weighted by Gasteiger charge is 2.43. The number of hydrogen-bond donors (Lipinski definition) is 3. The third-order valence-corrected chi connectivity index (χ3v) is 3.69. The van der Waals surface area contributed by atoms with E-state index in [2.05, 4.69) is 15.0 Å². The molecule has 3 heterocycles. The van der Waals surface area contributed by atoms with Gasteiger partial charge in [-0.1, -0.05) is 0 Å². The summed E-state index contributed by atoms with van der Waals surface area (Å²) in [6, 6.07) is 1.77. The fraction of sp³-hybridized carbons (Fsp3) is 0.500. The molecule has 0 radical (unpaired) electrons. The van der Waals surface area contributed by atoms with Gasteiger partial charge in [0.1, 0.15) is 30.3 Å². The molecular weight excluding hydrogens is 302 g/mol. The molecule has 0 amide bonds. The maximum absolute atomic E-state index is 10.1. The number of aliphatic imine (C=N–C) groups is 1. The summed E-state index contributed by atoms with van der Waals surface area (Å²) < 4.78 is 7.14. The van der Waals surface area contributed by atoms with Crippen molar-refractivity contribution in [3.05, 3.63) is 18.6 Å². The minimum atomic E-state index is -1.16. The van der Waals surface area contributed by atoms with Gasteiger partial charge in [0.15, 0.2) is 12.0 Å². The van der Waals surface area contributed by atoms with E-state index in [1.54, 1.807) is 28.1 Å². The van der Waals surface area contributed by atoms with Crippen LogP contribution in [0.2, 0.25) is 0 Å². The van der Waals surface area contributed by atoms with Crippen molar-refractivity contribution in [1.29, 1.82) is 0 Å². The molecular formula is C14H19N5O4. The van der Waals surface area contributed by atoms with Crippen LogP contribution in [0.25, 0.3) is 11.0 Å². The summed E-state index contributed by atoms with van der Waals surface area (Å²) in [5.74, 6) is 0.495. The Balaban J connectivity index is 1.99. The zero-order valence-electron chi connectivity index (χ0n) is 12.8. The summed E-state index contributed by atoms with van der Waals surface area (Å²) in [5.41, 5.74) is 0.528. The van der Waals surface area contributed by atoms with Crippen LogP contribution in [0, 0.1) is 0 Å². The summed E-state index contributed by atoms with van der Waals surface area (Å²) in [5, 5.41) is 29.9. The Morgan fingerprint density at radius 1 is 1.35 bits per heavy atom. The first kappa shape index (κ1) is 15.8. The normalized spacial score (nSPS) is 28.0. The Labute approximate surface area is 132 Å². The van der Waals surface area contributed by atoms with E-state index in [1.165, 1.54) is 6.33 Å². The molecule has 1 fully saturated rings. The SMILES string of the molecule is CN(C)C=Nc1ncnc2c1ccn2[C@H]1O[C@@H](CO)[C@@H](O)[C@H]1O. The quantitative estimate of drug-likeness (QED) is 0.502. The molecule has 0 unspecified atom stereocenters. The molecule has 9 nitrogen and oxygen atoms in total. The van der Waals surface area contributed by atoms with Gasteiger partial charge in [0.25, 0.3) is 0 Å². The van der Waals surface area contributed by atoms with Gasteiger partial charge in [-0.05, 0) is 6.07 Å². The van der Waals surface area contributed by atoms with Gasteiger partial charge < -0.3 is 29.5 Å². The van der Waals surface area contributed by atoms with E-state index in [0.717, 1.165) is 0 Å². The van der Waals surface area contributed by atoms with Crippen LogP contribution >= 0.6 is 0 Å². The predicted molar refractivity (Wildman–Crippen MR) is 82.4 cm³/mol. The van der Waals surface area contributed by atoms with Crippen molar-refractivity contribution in [2.24, 2.45) is 4.99 Å². The Kier molecular flexibility index (Phi) is 4.26. The average molecular weight is 321 g/mol. The van der Waals surface area contributed by atoms with Gasteiger partial charge in [0.05, 0.1) is 18.3 Å². The molecule has 1 aliphatic heterocycles. The van der Waals surface area contributed by atoms with E-state index in [4.69, 9.17) is 4.74 Å². The summed E-state index contributed by atoms with van der Waals surface area (Å²) in [7, 11) is 3.71. The molecule has 0 aromatic carbocycles. The molecule has 0 bridgehead atoms. The highest BCUT2D eigenvalue weighted by Crippen LogP contribution is 2.33. The number of aliphatic hydroxyl groups excluding tert-OH is 3. The van der Waals surface area contributed by atoms with Gasteiger partial charge in [0.2, 0.25) is 0 Å². The monoisotopic (exact) mass is 321 g/mol. The lowest BCUT2D eigenvalue weighted by molar-refractivity contribution is -0.0508. The van der Waals surface area contributed by atoms with E-state index in [9.17, 15) is 15.3 Å². The number of aliphatic hydroxyl groups is 3. The molecule has 2 aromatic rings. The smallest absolute Gasteiger partial charge is 0.166 e. The third kappa shape index (κ3) is 2.79. The molecule has 3 rings (SSSR count). The van der Waals surface area contributed by atoms with Crippen molar-refractivity contribution in [3.63, 3.8) is 0 Å². The molecule has 0 spiro atoms. The number of rotatable bonds is 4. The Bertz CT molecular complexity index is 716.